The van der Waals surface area contributed by atoms with Crippen LogP contribution in [0.15, 0.2) is 42.7 Å². The predicted molar refractivity (Wildman–Crippen MR) is 116 cm³/mol. The standard InChI is InChI=1S/C21H25N3O2.C2H2O4/c22-18-5-1-3-15-11-20(25)19(12-17(15)18)24-9-6-14(7-10-24)21(26)16-4-2-8-23-13-16;3-1(4)2(5)6/h1-5,8,13-14,19-20,25H,6-7,9-12,22H2;(H,3,4)(H,5,6)/i;1+0. The summed E-state index contributed by atoms with van der Waals surface area (Å²) in [5.74, 6) is -3.41. The molecule has 0 bridgehead atoms. The molecule has 0 saturated carbocycles. The van der Waals surface area contributed by atoms with Crippen LogP contribution in [0.5, 0.6) is 0 Å². The zero-order chi connectivity index (χ0) is 23.3. The molecule has 1 saturated heterocycles. The van der Waals surface area contributed by atoms with Gasteiger partial charge in [-0.1, -0.05) is 12.1 Å². The maximum Gasteiger partial charge on any atom is 0.414 e. The van der Waals surface area contributed by atoms with Crippen molar-refractivity contribution in [2.75, 3.05) is 18.8 Å². The first kappa shape index (κ1) is 23.4. The molecule has 32 heavy (non-hydrogen) atoms. The van der Waals surface area contributed by atoms with Crippen LogP contribution in [0, 0.1) is 5.92 Å². The molecule has 1 fully saturated rings. The van der Waals surface area contributed by atoms with E-state index in [0.29, 0.717) is 12.0 Å². The lowest BCUT2D eigenvalue weighted by Crippen LogP contribution is -2.51. The predicted octanol–water partition coefficient (Wildman–Crippen LogP) is 1.24. The first-order chi connectivity index (χ1) is 15.3. The Hall–Kier alpha value is -3.30. The number of ketones is 1. The molecule has 170 valence electrons. The summed E-state index contributed by atoms with van der Waals surface area (Å²) in [4.78, 5) is 37.2. The highest BCUT2D eigenvalue weighted by Crippen LogP contribution is 2.31. The molecule has 4 rings (SSSR count). The lowest BCUT2D eigenvalue weighted by Gasteiger charge is -2.42. The monoisotopic (exact) mass is 441 g/mol. The van der Waals surface area contributed by atoms with E-state index < -0.39 is 11.9 Å². The zero-order valence-electron chi connectivity index (χ0n) is 17.6. The molecule has 1 aromatic heterocycles. The molecule has 2 heterocycles. The van der Waals surface area contributed by atoms with Crippen molar-refractivity contribution in [1.82, 2.24) is 9.88 Å². The summed E-state index contributed by atoms with van der Waals surface area (Å²) in [7, 11) is 0. The van der Waals surface area contributed by atoms with Gasteiger partial charge in [0, 0.05) is 42.0 Å². The Bertz CT molecular complexity index is 961. The number of piperidine rings is 1. The van der Waals surface area contributed by atoms with Crippen molar-refractivity contribution in [2.45, 2.75) is 37.8 Å². The van der Waals surface area contributed by atoms with E-state index in [0.717, 1.165) is 43.6 Å². The SMILES string of the molecule is Nc1cccc2c1CC(N1CCC(C(=O)c3cccnc3)CC1)C(O)C2.O=C(O)[12C](=O)O. The van der Waals surface area contributed by atoms with Gasteiger partial charge in [-0.25, -0.2) is 9.59 Å². The minimum Gasteiger partial charge on any atom is -0.473 e. The number of nitrogens with two attached hydrogens (primary N) is 1. The summed E-state index contributed by atoms with van der Waals surface area (Å²) in [6.45, 7) is 1.67. The highest BCUT2D eigenvalue weighted by molar-refractivity contribution is 6.27. The number of aromatic nitrogens is 1. The van der Waals surface area contributed by atoms with Gasteiger partial charge in [-0.2, -0.15) is 0 Å². The molecule has 0 spiro atoms. The molecule has 1 aliphatic heterocycles. The number of pyridine rings is 1. The van der Waals surface area contributed by atoms with Crippen molar-refractivity contribution in [3.8, 4) is 0 Å². The van der Waals surface area contributed by atoms with Gasteiger partial charge in [0.05, 0.1) is 6.10 Å². The fraction of sp³-hybridized carbons (Fsp3) is 0.391. The summed E-state index contributed by atoms with van der Waals surface area (Å²) in [5.41, 5.74) is 10.0. The van der Waals surface area contributed by atoms with Crippen LogP contribution >= 0.6 is 0 Å². The molecule has 9 heteroatoms. The van der Waals surface area contributed by atoms with Gasteiger partial charge in [-0.15, -0.1) is 0 Å². The average Bonchev–Trinajstić information content (AvgIpc) is 2.79. The number of aliphatic hydroxyl groups excluding tert-OH is 1. The van der Waals surface area contributed by atoms with Gasteiger partial charge in [-0.05, 0) is 61.7 Å². The lowest BCUT2D eigenvalue weighted by molar-refractivity contribution is -0.159. The largest absolute Gasteiger partial charge is 0.473 e. The van der Waals surface area contributed by atoms with Crippen molar-refractivity contribution in [2.24, 2.45) is 5.92 Å². The van der Waals surface area contributed by atoms with Crippen molar-refractivity contribution < 1.29 is 29.7 Å². The summed E-state index contributed by atoms with van der Waals surface area (Å²) in [5, 5.41) is 25.4. The van der Waals surface area contributed by atoms with Gasteiger partial charge in [0.15, 0.2) is 5.78 Å². The van der Waals surface area contributed by atoms with Gasteiger partial charge in [0.25, 0.3) is 0 Å². The Balaban J connectivity index is 0.000000427. The summed E-state index contributed by atoms with van der Waals surface area (Å²) in [6.07, 6.45) is 6.05. The minimum absolute atomic E-state index is 0.0496. The van der Waals surface area contributed by atoms with Gasteiger partial charge in [0.1, 0.15) is 0 Å². The molecule has 5 N–H and O–H groups in total. The first-order valence-electron chi connectivity index (χ1n) is 10.5. The van der Waals surface area contributed by atoms with E-state index in [1.54, 1.807) is 12.4 Å². The third-order valence-electron chi connectivity index (χ3n) is 6.09. The molecule has 1 aliphatic carbocycles. The van der Waals surface area contributed by atoms with Crippen LogP contribution in [0.3, 0.4) is 0 Å². The third-order valence-corrected chi connectivity index (χ3v) is 6.09. The number of hydrogen-bond donors (Lipinski definition) is 4. The number of carboxylic acids is 2. The number of aliphatic carboxylic acids is 2. The second kappa shape index (κ2) is 10.3. The van der Waals surface area contributed by atoms with E-state index in [1.807, 2.05) is 24.3 Å². The first-order valence-corrected chi connectivity index (χ1v) is 10.5. The molecule has 0 radical (unpaired) electrons. The summed E-state index contributed by atoms with van der Waals surface area (Å²) < 4.78 is 0. The molecule has 9 nitrogen and oxygen atoms in total. The van der Waals surface area contributed by atoms with E-state index in [-0.39, 0.29) is 23.8 Å². The average molecular weight is 441 g/mol. The number of Topliss-reactive ketones (excluding diaryl/α,β-unsaturated/α-hetero) is 1. The Morgan fingerprint density at radius 1 is 1.00 bits per heavy atom. The molecular formula is C23H27N3O6. The van der Waals surface area contributed by atoms with E-state index in [2.05, 4.69) is 16.0 Å². The molecule has 2 aromatic rings. The number of carbonyl (C=O) groups is 3. The van der Waals surface area contributed by atoms with Crippen LogP contribution in [0.1, 0.15) is 34.3 Å². The van der Waals surface area contributed by atoms with Gasteiger partial charge >= 0.3 is 11.9 Å². The summed E-state index contributed by atoms with van der Waals surface area (Å²) in [6, 6.07) is 9.68. The van der Waals surface area contributed by atoms with Crippen molar-refractivity contribution in [1.29, 1.82) is 0 Å². The van der Waals surface area contributed by atoms with Crippen LogP contribution in [-0.4, -0.2) is 68.2 Å². The van der Waals surface area contributed by atoms with Crippen LogP contribution in [0.4, 0.5) is 5.69 Å². The van der Waals surface area contributed by atoms with E-state index >= 15 is 0 Å². The number of nitrogen functional groups attached to an aromatic ring is 1. The molecule has 2 unspecified atom stereocenters. The second-order valence-corrected chi connectivity index (χ2v) is 8.05. The number of carboxylic acid groups (broad SMARTS) is 2. The van der Waals surface area contributed by atoms with Crippen LogP contribution in [0.2, 0.25) is 0 Å². The molecule has 1 aromatic carbocycles. The Morgan fingerprint density at radius 2 is 1.69 bits per heavy atom. The topological polar surface area (TPSA) is 154 Å². The van der Waals surface area contributed by atoms with Crippen LogP contribution in [-0.2, 0) is 22.4 Å². The molecule has 0 amide bonds. The van der Waals surface area contributed by atoms with Crippen molar-refractivity contribution in [3.63, 3.8) is 0 Å². The second-order valence-electron chi connectivity index (χ2n) is 8.05. The number of carbonyl (C=O) groups excluding carboxylic acids is 1. The number of likely N-dealkylation sites (tertiary alicyclic amines) is 1. The minimum atomic E-state index is -1.82. The van der Waals surface area contributed by atoms with Gasteiger partial charge in [-0.3, -0.25) is 14.7 Å². The fourth-order valence-corrected chi connectivity index (χ4v) is 4.41. The Labute approximate surface area is 185 Å². The number of nitrogens with zero attached hydrogens (tertiary/aromatic N) is 2. The maximum atomic E-state index is 12.6. The fourth-order valence-electron chi connectivity index (χ4n) is 4.41. The zero-order valence-corrected chi connectivity index (χ0v) is 17.6. The lowest BCUT2D eigenvalue weighted by atomic mass is 9.82. The van der Waals surface area contributed by atoms with Gasteiger partial charge in [0.2, 0.25) is 0 Å². The quantitative estimate of drug-likeness (QED) is 0.313. The number of rotatable bonds is 3. The highest BCUT2D eigenvalue weighted by Gasteiger charge is 2.35. The smallest absolute Gasteiger partial charge is 0.414 e. The Kier molecular flexibility index (Phi) is 7.55. The number of anilines is 1. The van der Waals surface area contributed by atoms with Gasteiger partial charge < -0.3 is 21.1 Å². The molecule has 2 aliphatic rings. The van der Waals surface area contributed by atoms with Crippen molar-refractivity contribution in [3.05, 3.63) is 59.4 Å². The summed E-state index contributed by atoms with van der Waals surface area (Å²) >= 11 is 0. The van der Waals surface area contributed by atoms with E-state index in [4.69, 9.17) is 25.5 Å². The third kappa shape index (κ3) is 5.49. The number of aliphatic hydroxyl groups is 1. The van der Waals surface area contributed by atoms with E-state index in [1.165, 1.54) is 5.56 Å². The van der Waals surface area contributed by atoms with E-state index in [9.17, 15) is 9.90 Å². The van der Waals surface area contributed by atoms with Crippen molar-refractivity contribution >= 4 is 23.4 Å². The number of fused-ring (bicyclic) bond motifs is 1. The van der Waals surface area contributed by atoms with Crippen LogP contribution in [0.25, 0.3) is 0 Å². The normalized spacial score (nSPS) is 21.0. The van der Waals surface area contributed by atoms with Crippen LogP contribution < -0.4 is 5.73 Å². The highest BCUT2D eigenvalue weighted by atomic mass is 16.4. The molecule has 2 atom stereocenters. The molecular weight excluding hydrogens is 414 g/mol. The number of hydrogen-bond acceptors (Lipinski definition) is 7. The maximum absolute atomic E-state index is 12.6. The number of benzene rings is 1. The Morgan fingerprint density at radius 3 is 2.28 bits per heavy atom.